The van der Waals surface area contributed by atoms with E-state index in [0.29, 0.717) is 29.7 Å². The van der Waals surface area contributed by atoms with Crippen molar-refractivity contribution in [2.75, 3.05) is 6.54 Å². The predicted molar refractivity (Wildman–Crippen MR) is 78.7 cm³/mol. The molecule has 140 valence electrons. The molecule has 1 heterocycles. The largest absolute Gasteiger partial charge is 0.450 e. The lowest BCUT2D eigenvalue weighted by Crippen LogP contribution is -2.34. The Morgan fingerprint density at radius 1 is 1.00 bits per heavy atom. The van der Waals surface area contributed by atoms with Gasteiger partial charge in [-0.1, -0.05) is 6.42 Å². The van der Waals surface area contributed by atoms with Crippen LogP contribution in [-0.4, -0.2) is 30.6 Å². The number of halogens is 6. The number of ketones is 1. The van der Waals surface area contributed by atoms with Crippen LogP contribution >= 0.6 is 11.3 Å². The van der Waals surface area contributed by atoms with E-state index in [0.717, 1.165) is 24.2 Å². The number of carbonyl (C=O) groups excluding carboxylic acids is 2. The molecule has 0 saturated heterocycles. The number of thiophene rings is 1. The molecule has 10 heteroatoms. The molecule has 0 aromatic carbocycles. The second kappa shape index (κ2) is 7.35. The number of carbonyl (C=O) groups is 2. The summed E-state index contributed by atoms with van der Waals surface area (Å²) in [6, 6.07) is 0. The van der Waals surface area contributed by atoms with Crippen LogP contribution in [-0.2, 0) is 24.1 Å². The lowest BCUT2D eigenvalue weighted by atomic mass is 10.0. The number of hydrogen-bond acceptors (Lipinski definition) is 3. The van der Waals surface area contributed by atoms with E-state index in [1.807, 2.05) is 0 Å². The Bertz CT molecular complexity index is 662. The van der Waals surface area contributed by atoms with Crippen molar-refractivity contribution in [1.29, 1.82) is 0 Å². The summed E-state index contributed by atoms with van der Waals surface area (Å²) in [7, 11) is 0. The van der Waals surface area contributed by atoms with E-state index in [9.17, 15) is 35.9 Å². The number of rotatable bonds is 4. The average molecular weight is 387 g/mol. The van der Waals surface area contributed by atoms with Crippen molar-refractivity contribution in [3.8, 4) is 0 Å². The van der Waals surface area contributed by atoms with Crippen LogP contribution in [0.5, 0.6) is 0 Å². The lowest BCUT2D eigenvalue weighted by molar-refractivity contribution is -0.170. The average Bonchev–Trinajstić information content (AvgIpc) is 2.64. The monoisotopic (exact) mass is 387 g/mol. The maximum absolute atomic E-state index is 12.5. The van der Waals surface area contributed by atoms with Crippen molar-refractivity contribution in [2.24, 2.45) is 0 Å². The highest BCUT2D eigenvalue weighted by molar-refractivity contribution is 7.12. The Labute approximate surface area is 143 Å². The molecule has 1 aliphatic carbocycles. The third kappa shape index (κ3) is 5.20. The fraction of sp³-hybridized carbons (Fsp3) is 0.600. The smallest absolute Gasteiger partial charge is 0.343 e. The van der Waals surface area contributed by atoms with Crippen LogP contribution in [0.2, 0.25) is 0 Å². The second-order valence-electron chi connectivity index (χ2n) is 5.76. The zero-order chi connectivity index (χ0) is 18.8. The Morgan fingerprint density at radius 3 is 2.24 bits per heavy atom. The fourth-order valence-corrected chi connectivity index (χ4v) is 4.09. The van der Waals surface area contributed by atoms with Gasteiger partial charge in [-0.15, -0.1) is 11.3 Å². The van der Waals surface area contributed by atoms with Gasteiger partial charge in [0, 0.05) is 9.75 Å². The van der Waals surface area contributed by atoms with Gasteiger partial charge in [-0.05, 0) is 31.2 Å². The lowest BCUT2D eigenvalue weighted by Gasteiger charge is -2.11. The van der Waals surface area contributed by atoms with E-state index in [2.05, 4.69) is 0 Å². The fourth-order valence-electron chi connectivity index (χ4n) is 2.70. The van der Waals surface area contributed by atoms with Gasteiger partial charge < -0.3 is 5.32 Å². The van der Waals surface area contributed by atoms with E-state index >= 15 is 0 Å². The number of alkyl halides is 6. The molecule has 0 atom stereocenters. The molecular formula is C15H15F6NO2S. The minimum atomic E-state index is -5.05. The third-order valence-corrected chi connectivity index (χ3v) is 5.10. The first-order chi connectivity index (χ1) is 11.5. The molecule has 1 amide bonds. The zero-order valence-electron chi connectivity index (χ0n) is 12.9. The maximum Gasteiger partial charge on any atom is 0.450 e. The van der Waals surface area contributed by atoms with E-state index in [-0.39, 0.29) is 10.4 Å². The van der Waals surface area contributed by atoms with Gasteiger partial charge in [0.2, 0.25) is 5.78 Å². The number of hydrogen-bond donors (Lipinski definition) is 1. The summed E-state index contributed by atoms with van der Waals surface area (Å²) < 4.78 is 74.5. The quantitative estimate of drug-likeness (QED) is 0.628. The SMILES string of the molecule is O=C(NCC(F)(F)F)c1c(CC(=O)C(F)(F)F)sc2c1CCCCC2. The Hall–Kier alpha value is -1.58. The van der Waals surface area contributed by atoms with Crippen molar-refractivity contribution < 1.29 is 35.9 Å². The summed E-state index contributed by atoms with van der Waals surface area (Å²) >= 11 is 0.918. The van der Waals surface area contributed by atoms with Gasteiger partial charge in [-0.3, -0.25) is 9.59 Å². The number of fused-ring (bicyclic) bond motifs is 1. The second-order valence-corrected chi connectivity index (χ2v) is 6.95. The molecule has 25 heavy (non-hydrogen) atoms. The minimum absolute atomic E-state index is 0.117. The van der Waals surface area contributed by atoms with E-state index < -0.39 is 37.0 Å². The van der Waals surface area contributed by atoms with E-state index in [4.69, 9.17) is 0 Å². The summed E-state index contributed by atoms with van der Waals surface area (Å²) in [6.07, 6.45) is -7.44. The Kier molecular flexibility index (Phi) is 5.80. The molecule has 1 aromatic rings. The molecule has 0 saturated carbocycles. The van der Waals surface area contributed by atoms with Crippen molar-refractivity contribution in [1.82, 2.24) is 5.32 Å². The van der Waals surface area contributed by atoms with E-state index in [1.165, 1.54) is 0 Å². The summed E-state index contributed by atoms with van der Waals surface area (Å²) in [5.41, 5.74) is 0.288. The normalized spacial score (nSPS) is 15.4. The maximum atomic E-state index is 12.5. The van der Waals surface area contributed by atoms with Gasteiger partial charge in [0.1, 0.15) is 6.54 Å². The Balaban J connectivity index is 2.35. The van der Waals surface area contributed by atoms with Crippen molar-refractivity contribution in [2.45, 2.75) is 50.9 Å². The summed E-state index contributed by atoms with van der Waals surface area (Å²) in [6.45, 7) is -1.58. The van der Waals surface area contributed by atoms with Gasteiger partial charge in [0.25, 0.3) is 5.91 Å². The predicted octanol–water partition coefficient (Wildman–Crippen LogP) is 3.98. The zero-order valence-corrected chi connectivity index (χ0v) is 13.8. The molecule has 1 N–H and O–H groups in total. The summed E-state index contributed by atoms with van der Waals surface area (Å²) in [5.74, 6) is -3.10. The van der Waals surface area contributed by atoms with Crippen molar-refractivity contribution in [3.05, 3.63) is 20.9 Å². The van der Waals surface area contributed by atoms with Gasteiger partial charge in [0.05, 0.1) is 12.0 Å². The first kappa shape index (κ1) is 19.7. The van der Waals surface area contributed by atoms with Crippen LogP contribution in [0.25, 0.3) is 0 Å². The topological polar surface area (TPSA) is 46.2 Å². The summed E-state index contributed by atoms with van der Waals surface area (Å²) in [4.78, 5) is 24.0. The highest BCUT2D eigenvalue weighted by Crippen LogP contribution is 2.35. The molecule has 0 radical (unpaired) electrons. The van der Waals surface area contributed by atoms with Crippen LogP contribution < -0.4 is 5.32 Å². The van der Waals surface area contributed by atoms with Crippen LogP contribution in [0.1, 0.15) is 44.9 Å². The molecule has 1 aliphatic rings. The number of nitrogens with one attached hydrogen (secondary N) is 1. The molecule has 0 bridgehead atoms. The van der Waals surface area contributed by atoms with Gasteiger partial charge in [-0.25, -0.2) is 0 Å². The van der Waals surface area contributed by atoms with Crippen LogP contribution in [0, 0.1) is 0 Å². The summed E-state index contributed by atoms with van der Waals surface area (Å²) in [5, 5.41) is 1.70. The standard InChI is InChI=1S/C15H15F6NO2S/c16-14(17,18)7-22-13(24)12-8-4-2-1-3-5-9(8)25-10(12)6-11(23)15(19,20)21/h1-7H2,(H,22,24). The van der Waals surface area contributed by atoms with Crippen LogP contribution in [0.3, 0.4) is 0 Å². The molecular weight excluding hydrogens is 372 g/mol. The minimum Gasteiger partial charge on any atom is -0.343 e. The first-order valence-corrected chi connectivity index (χ1v) is 8.39. The molecule has 3 nitrogen and oxygen atoms in total. The number of Topliss-reactive ketones (excluding diaryl/α,β-unsaturated/α-hetero) is 1. The molecule has 1 aromatic heterocycles. The van der Waals surface area contributed by atoms with Gasteiger partial charge in [0.15, 0.2) is 0 Å². The molecule has 2 rings (SSSR count). The van der Waals surface area contributed by atoms with Gasteiger partial charge >= 0.3 is 12.4 Å². The van der Waals surface area contributed by atoms with E-state index in [1.54, 1.807) is 5.32 Å². The van der Waals surface area contributed by atoms with Crippen LogP contribution in [0.4, 0.5) is 26.3 Å². The third-order valence-electron chi connectivity index (χ3n) is 3.81. The molecule has 0 spiro atoms. The van der Waals surface area contributed by atoms with Crippen molar-refractivity contribution in [3.63, 3.8) is 0 Å². The highest BCUT2D eigenvalue weighted by Gasteiger charge is 2.39. The highest BCUT2D eigenvalue weighted by atomic mass is 32.1. The van der Waals surface area contributed by atoms with Crippen molar-refractivity contribution >= 4 is 23.0 Å². The number of aryl methyl sites for hydroxylation is 1. The molecule has 0 unspecified atom stereocenters. The number of amides is 1. The first-order valence-electron chi connectivity index (χ1n) is 7.57. The molecule has 0 fully saturated rings. The van der Waals surface area contributed by atoms with Crippen LogP contribution in [0.15, 0.2) is 0 Å². The molecule has 0 aliphatic heterocycles. The Morgan fingerprint density at radius 2 is 1.64 bits per heavy atom. The van der Waals surface area contributed by atoms with Gasteiger partial charge in [-0.2, -0.15) is 26.3 Å².